The molecule has 0 radical (unpaired) electrons. The normalized spacial score (nSPS) is 10.8. The third-order valence-corrected chi connectivity index (χ3v) is 2.83. The molecule has 0 unspecified atom stereocenters. The van der Waals surface area contributed by atoms with E-state index in [0.717, 1.165) is 10.9 Å². The minimum atomic E-state index is -0.341. The van der Waals surface area contributed by atoms with Gasteiger partial charge < -0.3 is 14.3 Å². The van der Waals surface area contributed by atoms with Crippen LogP contribution in [0.2, 0.25) is 0 Å². The third-order valence-electron chi connectivity index (χ3n) is 2.83. The molecule has 4 heteroatoms. The molecule has 1 heterocycles. The highest BCUT2D eigenvalue weighted by Crippen LogP contribution is 2.26. The van der Waals surface area contributed by atoms with Gasteiger partial charge in [0.05, 0.1) is 6.26 Å². The largest absolute Gasteiger partial charge is 0.508 e. The van der Waals surface area contributed by atoms with Gasteiger partial charge in [-0.2, -0.15) is 0 Å². The summed E-state index contributed by atoms with van der Waals surface area (Å²) in [6.07, 6.45) is 1.57. The minimum Gasteiger partial charge on any atom is -0.508 e. The zero-order valence-corrected chi connectivity index (χ0v) is 9.97. The zero-order valence-electron chi connectivity index (χ0n) is 9.97. The lowest BCUT2D eigenvalue weighted by Gasteiger charge is -2.04. The highest BCUT2D eigenvalue weighted by atomic mass is 19.1. The van der Waals surface area contributed by atoms with Gasteiger partial charge >= 0.3 is 0 Å². The van der Waals surface area contributed by atoms with Gasteiger partial charge in [-0.05, 0) is 30.3 Å². The molecule has 0 amide bonds. The molecule has 19 heavy (non-hydrogen) atoms. The van der Waals surface area contributed by atoms with Gasteiger partial charge in [-0.3, -0.25) is 0 Å². The van der Waals surface area contributed by atoms with Gasteiger partial charge in [-0.25, -0.2) is 4.39 Å². The third kappa shape index (κ3) is 2.38. The Kier molecular flexibility index (Phi) is 2.83. The molecule has 0 fully saturated rings. The van der Waals surface area contributed by atoms with Crippen LogP contribution < -0.4 is 4.74 Å². The Bertz CT molecular complexity index is 718. The second kappa shape index (κ2) is 4.65. The first-order valence-electron chi connectivity index (χ1n) is 5.80. The molecule has 0 saturated heterocycles. The first-order valence-corrected chi connectivity index (χ1v) is 5.80. The molecule has 0 aliphatic heterocycles. The van der Waals surface area contributed by atoms with Crippen molar-refractivity contribution in [2.24, 2.45) is 0 Å². The molecule has 1 aromatic heterocycles. The number of fused-ring (bicyclic) bond motifs is 1. The van der Waals surface area contributed by atoms with E-state index < -0.39 is 0 Å². The van der Waals surface area contributed by atoms with Gasteiger partial charge in [-0.1, -0.05) is 6.07 Å². The Morgan fingerprint density at radius 1 is 1.16 bits per heavy atom. The van der Waals surface area contributed by atoms with Gasteiger partial charge in [0.1, 0.15) is 29.5 Å². The van der Waals surface area contributed by atoms with E-state index in [-0.39, 0.29) is 18.2 Å². The summed E-state index contributed by atoms with van der Waals surface area (Å²) >= 11 is 0. The molecule has 96 valence electrons. The van der Waals surface area contributed by atoms with E-state index in [9.17, 15) is 9.50 Å². The Morgan fingerprint density at radius 3 is 2.89 bits per heavy atom. The summed E-state index contributed by atoms with van der Waals surface area (Å²) in [4.78, 5) is 0. The van der Waals surface area contributed by atoms with E-state index in [4.69, 9.17) is 9.15 Å². The quantitative estimate of drug-likeness (QED) is 0.775. The second-order valence-corrected chi connectivity index (χ2v) is 4.19. The van der Waals surface area contributed by atoms with E-state index in [0.29, 0.717) is 11.3 Å². The lowest BCUT2D eigenvalue weighted by Crippen LogP contribution is -1.94. The van der Waals surface area contributed by atoms with Crippen LogP contribution in [0.5, 0.6) is 11.5 Å². The van der Waals surface area contributed by atoms with Gasteiger partial charge in [0, 0.05) is 17.0 Å². The maximum atomic E-state index is 13.0. The van der Waals surface area contributed by atoms with Crippen molar-refractivity contribution >= 4 is 11.0 Å². The molecule has 3 rings (SSSR count). The fraction of sp³-hybridized carbons (Fsp3) is 0.0667. The van der Waals surface area contributed by atoms with E-state index in [2.05, 4.69) is 0 Å². The van der Waals surface area contributed by atoms with Crippen LogP contribution >= 0.6 is 0 Å². The molecule has 3 aromatic rings. The van der Waals surface area contributed by atoms with Gasteiger partial charge in [0.15, 0.2) is 0 Å². The SMILES string of the molecule is Oc1ccc2occ(COc3cccc(F)c3)c2c1. The molecule has 0 aliphatic rings. The van der Waals surface area contributed by atoms with Crippen molar-refractivity contribution in [3.63, 3.8) is 0 Å². The number of rotatable bonds is 3. The highest BCUT2D eigenvalue weighted by Gasteiger charge is 2.07. The fourth-order valence-electron chi connectivity index (χ4n) is 1.90. The van der Waals surface area contributed by atoms with Crippen LogP contribution in [0.1, 0.15) is 5.56 Å². The standard InChI is InChI=1S/C15H11FO3/c16-11-2-1-3-13(6-11)18-8-10-9-19-15-5-4-12(17)7-14(10)15/h1-7,9,17H,8H2. The Balaban J connectivity index is 1.84. The van der Waals surface area contributed by atoms with Crippen molar-refractivity contribution in [1.29, 1.82) is 0 Å². The number of ether oxygens (including phenoxy) is 1. The van der Waals surface area contributed by atoms with Gasteiger partial charge in [0.2, 0.25) is 0 Å². The first-order chi connectivity index (χ1) is 9.22. The summed E-state index contributed by atoms with van der Waals surface area (Å²) in [5.74, 6) is 0.280. The molecule has 0 spiro atoms. The average Bonchev–Trinajstić information content (AvgIpc) is 2.79. The first kappa shape index (κ1) is 11.6. The van der Waals surface area contributed by atoms with E-state index >= 15 is 0 Å². The lowest BCUT2D eigenvalue weighted by atomic mass is 10.2. The van der Waals surface area contributed by atoms with Crippen LogP contribution in [0, 0.1) is 5.82 Å². The maximum Gasteiger partial charge on any atom is 0.134 e. The van der Waals surface area contributed by atoms with Crippen molar-refractivity contribution in [1.82, 2.24) is 0 Å². The number of benzene rings is 2. The molecule has 0 aliphatic carbocycles. The van der Waals surface area contributed by atoms with Crippen molar-refractivity contribution in [3.8, 4) is 11.5 Å². The Hall–Kier alpha value is -2.49. The second-order valence-electron chi connectivity index (χ2n) is 4.19. The molecular formula is C15H11FO3. The zero-order chi connectivity index (χ0) is 13.2. The molecule has 0 saturated carbocycles. The summed E-state index contributed by atoms with van der Waals surface area (Å²) in [5, 5.41) is 10.3. The summed E-state index contributed by atoms with van der Waals surface area (Å²) < 4.78 is 23.9. The van der Waals surface area contributed by atoms with E-state index in [1.165, 1.54) is 12.1 Å². The van der Waals surface area contributed by atoms with Crippen molar-refractivity contribution in [3.05, 3.63) is 60.1 Å². The lowest BCUT2D eigenvalue weighted by molar-refractivity contribution is 0.304. The van der Waals surface area contributed by atoms with Gasteiger partial charge in [0.25, 0.3) is 0 Å². The molecule has 0 bridgehead atoms. The van der Waals surface area contributed by atoms with Crippen molar-refractivity contribution < 1.29 is 18.7 Å². The van der Waals surface area contributed by atoms with Crippen LogP contribution in [-0.4, -0.2) is 5.11 Å². The minimum absolute atomic E-state index is 0.168. The average molecular weight is 258 g/mol. The van der Waals surface area contributed by atoms with Crippen molar-refractivity contribution in [2.45, 2.75) is 6.61 Å². The summed E-state index contributed by atoms with van der Waals surface area (Å²) in [6.45, 7) is 0.250. The number of phenols is 1. The van der Waals surface area contributed by atoms with Crippen LogP contribution in [0.25, 0.3) is 11.0 Å². The van der Waals surface area contributed by atoms with Crippen molar-refractivity contribution in [2.75, 3.05) is 0 Å². The van der Waals surface area contributed by atoms with Crippen LogP contribution in [-0.2, 0) is 6.61 Å². The maximum absolute atomic E-state index is 13.0. The number of phenolic OH excluding ortho intramolecular Hbond substituents is 1. The van der Waals surface area contributed by atoms with Crippen LogP contribution in [0.3, 0.4) is 0 Å². The molecule has 3 nitrogen and oxygen atoms in total. The predicted molar refractivity (Wildman–Crippen MR) is 68.6 cm³/mol. The molecule has 1 N–H and O–H groups in total. The Morgan fingerprint density at radius 2 is 2.05 bits per heavy atom. The van der Waals surface area contributed by atoms with E-state index in [1.807, 2.05) is 0 Å². The highest BCUT2D eigenvalue weighted by molar-refractivity contribution is 5.82. The van der Waals surface area contributed by atoms with Gasteiger partial charge in [-0.15, -0.1) is 0 Å². The fourth-order valence-corrected chi connectivity index (χ4v) is 1.90. The summed E-state index contributed by atoms with van der Waals surface area (Å²) in [7, 11) is 0. The number of furan rings is 1. The Labute approximate surface area is 108 Å². The predicted octanol–water partition coefficient (Wildman–Crippen LogP) is 3.86. The number of aromatic hydroxyl groups is 1. The van der Waals surface area contributed by atoms with E-state index in [1.54, 1.807) is 36.6 Å². The molecule has 0 atom stereocenters. The van der Waals surface area contributed by atoms with Crippen LogP contribution in [0.15, 0.2) is 53.1 Å². The number of hydrogen-bond donors (Lipinski definition) is 1. The number of halogens is 1. The summed E-state index contributed by atoms with van der Waals surface area (Å²) in [5.41, 5.74) is 1.48. The summed E-state index contributed by atoms with van der Waals surface area (Å²) in [6, 6.07) is 10.8. The smallest absolute Gasteiger partial charge is 0.134 e. The molecular weight excluding hydrogens is 247 g/mol. The number of hydrogen-bond acceptors (Lipinski definition) is 3. The molecule has 2 aromatic carbocycles. The topological polar surface area (TPSA) is 42.6 Å². The van der Waals surface area contributed by atoms with Crippen LogP contribution in [0.4, 0.5) is 4.39 Å². The monoisotopic (exact) mass is 258 g/mol.